The van der Waals surface area contributed by atoms with Gasteiger partial charge in [0.1, 0.15) is 5.82 Å². The molecule has 0 radical (unpaired) electrons. The Kier molecular flexibility index (Phi) is 4.54. The van der Waals surface area contributed by atoms with E-state index in [2.05, 4.69) is 14.9 Å². The van der Waals surface area contributed by atoms with E-state index in [1.54, 1.807) is 18.6 Å². The smallest absolute Gasteiger partial charge is 0.311 e. The van der Waals surface area contributed by atoms with Crippen LogP contribution in [0.2, 0.25) is 0 Å². The fraction of sp³-hybridized carbons (Fsp3) is 0.684. The summed E-state index contributed by atoms with van der Waals surface area (Å²) < 4.78 is 0. The molecule has 1 saturated carbocycles. The minimum Gasteiger partial charge on any atom is -0.481 e. The second-order valence-corrected chi connectivity index (χ2v) is 7.83. The van der Waals surface area contributed by atoms with E-state index < -0.39 is 11.4 Å². The van der Waals surface area contributed by atoms with Crippen LogP contribution in [0.15, 0.2) is 18.6 Å². The highest BCUT2D eigenvalue weighted by molar-refractivity contribution is 5.83. The fourth-order valence-corrected chi connectivity index (χ4v) is 5.11. The molecule has 0 aromatic carbocycles. The van der Waals surface area contributed by atoms with Crippen LogP contribution in [-0.2, 0) is 9.59 Å². The van der Waals surface area contributed by atoms with Crippen molar-refractivity contribution in [2.24, 2.45) is 11.3 Å². The van der Waals surface area contributed by atoms with Crippen molar-refractivity contribution in [1.29, 1.82) is 0 Å². The molecule has 2 atom stereocenters. The number of anilines is 1. The van der Waals surface area contributed by atoms with E-state index in [9.17, 15) is 14.7 Å². The number of aromatic nitrogens is 2. The molecule has 7 heteroatoms. The second kappa shape index (κ2) is 6.85. The molecule has 0 bridgehead atoms. The van der Waals surface area contributed by atoms with Crippen LogP contribution in [0.25, 0.3) is 0 Å². The van der Waals surface area contributed by atoms with Gasteiger partial charge in [-0.05, 0) is 32.1 Å². The summed E-state index contributed by atoms with van der Waals surface area (Å²) in [6, 6.07) is -0.112. The van der Waals surface area contributed by atoms with Crippen LogP contribution in [0.1, 0.15) is 44.9 Å². The summed E-state index contributed by atoms with van der Waals surface area (Å²) in [6.07, 6.45) is 10.8. The quantitative estimate of drug-likeness (QED) is 0.889. The minimum absolute atomic E-state index is 0.00515. The number of carboxylic acid groups (broad SMARTS) is 1. The van der Waals surface area contributed by atoms with Gasteiger partial charge in [0.15, 0.2) is 0 Å². The van der Waals surface area contributed by atoms with Gasteiger partial charge in [-0.1, -0.05) is 12.8 Å². The summed E-state index contributed by atoms with van der Waals surface area (Å²) >= 11 is 0. The van der Waals surface area contributed by atoms with E-state index >= 15 is 0 Å². The van der Waals surface area contributed by atoms with E-state index in [4.69, 9.17) is 0 Å². The zero-order chi connectivity index (χ0) is 18.1. The Bertz CT molecular complexity index is 675. The Morgan fingerprint density at radius 3 is 2.58 bits per heavy atom. The van der Waals surface area contributed by atoms with Crippen molar-refractivity contribution in [3.8, 4) is 0 Å². The largest absolute Gasteiger partial charge is 0.481 e. The molecule has 1 aromatic heterocycles. The lowest BCUT2D eigenvalue weighted by Gasteiger charge is -2.40. The van der Waals surface area contributed by atoms with Crippen molar-refractivity contribution in [1.82, 2.24) is 14.9 Å². The van der Waals surface area contributed by atoms with Crippen molar-refractivity contribution >= 4 is 17.7 Å². The summed E-state index contributed by atoms with van der Waals surface area (Å²) in [6.45, 7) is 2.18. The standard InChI is InChI=1S/C19H26N4O3/c24-17(14-4-10-22(11-5-14)16-13-20-8-9-21-16)23-12-7-19(18(25)26)6-2-1-3-15(19)23/h8-9,13-15H,1-7,10-12H2,(H,25,26)/t15-,19+/m0/s1. The van der Waals surface area contributed by atoms with Gasteiger partial charge in [0.05, 0.1) is 11.6 Å². The van der Waals surface area contributed by atoms with Gasteiger partial charge in [-0.25, -0.2) is 4.98 Å². The number of likely N-dealkylation sites (tertiary alicyclic amines) is 1. The highest BCUT2D eigenvalue weighted by Crippen LogP contribution is 2.47. The number of hydrogen-bond acceptors (Lipinski definition) is 5. The Balaban J connectivity index is 1.42. The molecule has 26 heavy (non-hydrogen) atoms. The van der Waals surface area contributed by atoms with Crippen LogP contribution in [0, 0.1) is 11.3 Å². The van der Waals surface area contributed by atoms with Gasteiger partial charge in [-0.3, -0.25) is 14.6 Å². The number of fused-ring (bicyclic) bond motifs is 1. The second-order valence-electron chi connectivity index (χ2n) is 7.83. The van der Waals surface area contributed by atoms with Gasteiger partial charge in [-0.15, -0.1) is 0 Å². The monoisotopic (exact) mass is 358 g/mol. The van der Waals surface area contributed by atoms with E-state index in [-0.39, 0.29) is 17.9 Å². The molecule has 1 aliphatic carbocycles. The van der Waals surface area contributed by atoms with Crippen LogP contribution < -0.4 is 4.90 Å². The van der Waals surface area contributed by atoms with Crippen molar-refractivity contribution in [2.75, 3.05) is 24.5 Å². The number of amides is 1. The average molecular weight is 358 g/mol. The molecule has 0 unspecified atom stereocenters. The van der Waals surface area contributed by atoms with Crippen molar-refractivity contribution < 1.29 is 14.7 Å². The molecule has 0 spiro atoms. The SMILES string of the molecule is O=C(C1CCN(c2cnccn2)CC1)N1CC[C@]2(C(=O)O)CCCC[C@H]12. The summed E-state index contributed by atoms with van der Waals surface area (Å²) in [4.78, 5) is 37.6. The minimum atomic E-state index is -0.713. The molecule has 1 aromatic rings. The van der Waals surface area contributed by atoms with Crippen LogP contribution >= 0.6 is 0 Å². The fourth-order valence-electron chi connectivity index (χ4n) is 5.11. The van der Waals surface area contributed by atoms with Gasteiger partial charge >= 0.3 is 5.97 Å². The predicted molar refractivity (Wildman–Crippen MR) is 95.6 cm³/mol. The molecule has 7 nitrogen and oxygen atoms in total. The van der Waals surface area contributed by atoms with Gasteiger partial charge in [0.2, 0.25) is 5.91 Å². The summed E-state index contributed by atoms with van der Waals surface area (Å²) in [5, 5.41) is 9.81. The first-order chi connectivity index (χ1) is 12.6. The van der Waals surface area contributed by atoms with E-state index in [0.717, 1.165) is 51.0 Å². The van der Waals surface area contributed by atoms with E-state index in [1.165, 1.54) is 0 Å². The topological polar surface area (TPSA) is 86.6 Å². The lowest BCUT2D eigenvalue weighted by Crippen LogP contribution is -2.51. The van der Waals surface area contributed by atoms with Crippen LogP contribution in [-0.4, -0.2) is 57.5 Å². The molecular weight excluding hydrogens is 332 g/mol. The molecule has 3 fully saturated rings. The Hall–Kier alpha value is -2.18. The number of rotatable bonds is 3. The number of hydrogen-bond donors (Lipinski definition) is 1. The molecule has 1 N–H and O–H groups in total. The molecule has 4 rings (SSSR count). The Labute approximate surface area is 153 Å². The van der Waals surface area contributed by atoms with Crippen molar-refractivity contribution in [3.63, 3.8) is 0 Å². The van der Waals surface area contributed by atoms with Gasteiger partial charge in [0, 0.05) is 44.0 Å². The molecule has 2 aliphatic heterocycles. The third-order valence-corrected chi connectivity index (χ3v) is 6.59. The Morgan fingerprint density at radius 1 is 1.08 bits per heavy atom. The van der Waals surface area contributed by atoms with Gasteiger partial charge < -0.3 is 14.9 Å². The lowest BCUT2D eigenvalue weighted by molar-refractivity contribution is -0.154. The number of aliphatic carboxylic acids is 1. The van der Waals surface area contributed by atoms with Crippen molar-refractivity contribution in [3.05, 3.63) is 18.6 Å². The number of carboxylic acids is 1. The van der Waals surface area contributed by atoms with E-state index in [0.29, 0.717) is 19.4 Å². The Morgan fingerprint density at radius 2 is 1.88 bits per heavy atom. The summed E-state index contributed by atoms with van der Waals surface area (Å²) in [5.74, 6) is 0.306. The molecular formula is C19H26N4O3. The van der Waals surface area contributed by atoms with Crippen LogP contribution in [0.4, 0.5) is 5.82 Å². The van der Waals surface area contributed by atoms with Gasteiger partial charge in [-0.2, -0.15) is 0 Å². The van der Waals surface area contributed by atoms with Crippen LogP contribution in [0.3, 0.4) is 0 Å². The number of nitrogens with zero attached hydrogens (tertiary/aromatic N) is 4. The lowest BCUT2D eigenvalue weighted by atomic mass is 9.70. The number of piperidine rings is 1. The first kappa shape index (κ1) is 17.2. The average Bonchev–Trinajstić information content (AvgIpc) is 3.09. The number of carbonyl (C=O) groups is 2. The maximum Gasteiger partial charge on any atom is 0.311 e. The predicted octanol–water partition coefficient (Wildman–Crippen LogP) is 1.94. The normalized spacial score (nSPS) is 29.5. The molecule has 3 aliphatic rings. The first-order valence-corrected chi connectivity index (χ1v) is 9.67. The zero-order valence-corrected chi connectivity index (χ0v) is 15.0. The van der Waals surface area contributed by atoms with Crippen molar-refractivity contribution in [2.45, 2.75) is 51.0 Å². The molecule has 1 amide bonds. The maximum atomic E-state index is 13.1. The first-order valence-electron chi connectivity index (χ1n) is 9.67. The highest BCUT2D eigenvalue weighted by Gasteiger charge is 2.55. The molecule has 3 heterocycles. The molecule has 140 valence electrons. The van der Waals surface area contributed by atoms with E-state index in [1.807, 2.05) is 4.90 Å². The third kappa shape index (κ3) is 2.83. The third-order valence-electron chi connectivity index (χ3n) is 6.59. The van der Waals surface area contributed by atoms with Crippen LogP contribution in [0.5, 0.6) is 0 Å². The highest BCUT2D eigenvalue weighted by atomic mass is 16.4. The summed E-state index contributed by atoms with van der Waals surface area (Å²) in [5.41, 5.74) is -0.700. The summed E-state index contributed by atoms with van der Waals surface area (Å²) in [7, 11) is 0. The number of carbonyl (C=O) groups excluding carboxylic acids is 1. The maximum absolute atomic E-state index is 13.1. The zero-order valence-electron chi connectivity index (χ0n) is 15.0. The molecule has 2 saturated heterocycles. The van der Waals surface area contributed by atoms with Gasteiger partial charge in [0.25, 0.3) is 0 Å².